The van der Waals surface area contributed by atoms with Crippen LogP contribution in [0.3, 0.4) is 0 Å². The molecule has 0 aliphatic rings. The molecule has 4 nitrogen and oxygen atoms in total. The van der Waals surface area contributed by atoms with E-state index in [4.69, 9.17) is 51.2 Å². The summed E-state index contributed by atoms with van der Waals surface area (Å²) in [6, 6.07) is 10.4. The number of imidazole rings is 1. The largest absolute Gasteiger partial charge is 0.391 e. The SMILES string of the molecule is Clc1ccc(CON=C(Cc2ncc[nH]2)c2ccc(Cl)cc2Cl)c(Cl)c1. The van der Waals surface area contributed by atoms with Crippen LogP contribution in [-0.2, 0) is 17.9 Å². The maximum Gasteiger partial charge on any atom is 0.143 e. The zero-order chi connectivity index (χ0) is 18.5. The fraction of sp³-hybridized carbons (Fsp3) is 0.111. The average molecular weight is 429 g/mol. The summed E-state index contributed by atoms with van der Waals surface area (Å²) in [4.78, 5) is 12.8. The fourth-order valence-corrected chi connectivity index (χ4v) is 3.25. The van der Waals surface area contributed by atoms with E-state index in [1.54, 1.807) is 48.8 Å². The first kappa shape index (κ1) is 19.1. The van der Waals surface area contributed by atoms with Crippen LogP contribution in [0.4, 0.5) is 0 Å². The molecule has 0 saturated heterocycles. The van der Waals surface area contributed by atoms with Gasteiger partial charge in [0.05, 0.1) is 17.2 Å². The van der Waals surface area contributed by atoms with Gasteiger partial charge in [0.2, 0.25) is 0 Å². The lowest BCUT2D eigenvalue weighted by Crippen LogP contribution is -2.09. The molecule has 3 aromatic rings. The molecule has 134 valence electrons. The van der Waals surface area contributed by atoms with Gasteiger partial charge in [-0.3, -0.25) is 0 Å². The Bertz CT molecular complexity index is 926. The van der Waals surface area contributed by atoms with Gasteiger partial charge in [0.1, 0.15) is 12.4 Å². The maximum absolute atomic E-state index is 6.32. The van der Waals surface area contributed by atoms with Gasteiger partial charge in [-0.25, -0.2) is 4.98 Å². The molecule has 1 N–H and O–H groups in total. The zero-order valence-corrected chi connectivity index (χ0v) is 16.4. The first-order valence-corrected chi connectivity index (χ1v) is 9.10. The van der Waals surface area contributed by atoms with Crippen molar-refractivity contribution in [1.82, 2.24) is 9.97 Å². The Kier molecular flexibility index (Phi) is 6.43. The Morgan fingerprint density at radius 1 is 1.00 bits per heavy atom. The summed E-state index contributed by atoms with van der Waals surface area (Å²) in [7, 11) is 0. The summed E-state index contributed by atoms with van der Waals surface area (Å²) in [5.41, 5.74) is 2.11. The van der Waals surface area contributed by atoms with Crippen LogP contribution in [0.15, 0.2) is 53.9 Å². The summed E-state index contributed by atoms with van der Waals surface area (Å²) >= 11 is 24.4. The molecule has 0 fully saturated rings. The molecular weight excluding hydrogens is 416 g/mol. The molecule has 0 aliphatic heterocycles. The highest BCUT2D eigenvalue weighted by atomic mass is 35.5. The second-order valence-corrected chi connectivity index (χ2v) is 7.07. The third kappa shape index (κ3) is 4.92. The molecular formula is C18H13Cl4N3O. The van der Waals surface area contributed by atoms with Crippen LogP contribution in [0, 0.1) is 0 Å². The van der Waals surface area contributed by atoms with Crippen molar-refractivity contribution < 1.29 is 4.84 Å². The van der Waals surface area contributed by atoms with Crippen LogP contribution in [0.2, 0.25) is 20.1 Å². The Balaban J connectivity index is 1.83. The molecule has 1 aromatic heterocycles. The molecule has 1 heterocycles. The minimum atomic E-state index is 0.197. The van der Waals surface area contributed by atoms with Crippen molar-refractivity contribution in [2.75, 3.05) is 0 Å². The van der Waals surface area contributed by atoms with Gasteiger partial charge in [-0.2, -0.15) is 0 Å². The Morgan fingerprint density at radius 2 is 1.73 bits per heavy atom. The van der Waals surface area contributed by atoms with Crippen LogP contribution in [-0.4, -0.2) is 15.7 Å². The number of hydrogen-bond donors (Lipinski definition) is 1. The van der Waals surface area contributed by atoms with E-state index in [-0.39, 0.29) is 6.61 Å². The second kappa shape index (κ2) is 8.78. The first-order chi connectivity index (χ1) is 12.5. The number of hydrogen-bond acceptors (Lipinski definition) is 3. The number of halogens is 4. The van der Waals surface area contributed by atoms with Crippen molar-refractivity contribution in [2.24, 2.45) is 5.16 Å². The maximum atomic E-state index is 6.32. The highest BCUT2D eigenvalue weighted by Gasteiger charge is 2.13. The minimum Gasteiger partial charge on any atom is -0.391 e. The standard InChI is InChI=1S/C18H13Cl4N3O/c19-12-2-1-11(15(21)7-12)10-26-25-17(9-18-23-5-6-24-18)14-4-3-13(20)8-16(14)22/h1-8H,9-10H2,(H,23,24). The first-order valence-electron chi connectivity index (χ1n) is 7.59. The number of benzene rings is 2. The van der Waals surface area contributed by atoms with Crippen molar-refractivity contribution in [3.63, 3.8) is 0 Å². The van der Waals surface area contributed by atoms with Crippen LogP contribution in [0.25, 0.3) is 0 Å². The Morgan fingerprint density at radius 3 is 2.38 bits per heavy atom. The van der Waals surface area contributed by atoms with Gasteiger partial charge in [0.15, 0.2) is 0 Å². The molecule has 0 amide bonds. The van der Waals surface area contributed by atoms with E-state index in [1.165, 1.54) is 0 Å². The van der Waals surface area contributed by atoms with Gasteiger partial charge < -0.3 is 9.82 Å². The number of oxime groups is 1. The lowest BCUT2D eigenvalue weighted by atomic mass is 10.1. The smallest absolute Gasteiger partial charge is 0.143 e. The molecule has 0 saturated carbocycles. The van der Waals surface area contributed by atoms with Gasteiger partial charge in [-0.1, -0.05) is 63.7 Å². The van der Waals surface area contributed by atoms with Crippen LogP contribution in [0.1, 0.15) is 17.0 Å². The molecule has 0 aliphatic carbocycles. The number of aromatic nitrogens is 2. The van der Waals surface area contributed by atoms with E-state index < -0.39 is 0 Å². The number of rotatable bonds is 6. The van der Waals surface area contributed by atoms with Gasteiger partial charge in [-0.05, 0) is 24.3 Å². The number of aromatic amines is 1. The highest BCUT2D eigenvalue weighted by Crippen LogP contribution is 2.24. The third-order valence-electron chi connectivity index (χ3n) is 3.54. The predicted molar refractivity (Wildman–Crippen MR) is 107 cm³/mol. The lowest BCUT2D eigenvalue weighted by molar-refractivity contribution is 0.130. The molecule has 0 bridgehead atoms. The summed E-state index contributed by atoms with van der Waals surface area (Å²) < 4.78 is 0. The zero-order valence-electron chi connectivity index (χ0n) is 13.3. The summed E-state index contributed by atoms with van der Waals surface area (Å²) in [6.07, 6.45) is 3.83. The van der Waals surface area contributed by atoms with Crippen molar-refractivity contribution >= 4 is 52.1 Å². The van der Waals surface area contributed by atoms with E-state index in [9.17, 15) is 0 Å². The van der Waals surface area contributed by atoms with Crippen molar-refractivity contribution in [3.05, 3.63) is 85.8 Å². The van der Waals surface area contributed by atoms with Gasteiger partial charge in [-0.15, -0.1) is 0 Å². The molecule has 8 heteroatoms. The van der Waals surface area contributed by atoms with Gasteiger partial charge in [0.25, 0.3) is 0 Å². The quantitative estimate of drug-likeness (QED) is 0.376. The Labute approximate surface area is 170 Å². The van der Waals surface area contributed by atoms with E-state index in [0.717, 1.165) is 17.0 Å². The van der Waals surface area contributed by atoms with Crippen LogP contribution in [0.5, 0.6) is 0 Å². The highest BCUT2D eigenvalue weighted by molar-refractivity contribution is 6.37. The third-order valence-corrected chi connectivity index (χ3v) is 4.68. The monoisotopic (exact) mass is 427 g/mol. The van der Waals surface area contributed by atoms with Crippen molar-refractivity contribution in [1.29, 1.82) is 0 Å². The number of nitrogens with one attached hydrogen (secondary N) is 1. The summed E-state index contributed by atoms with van der Waals surface area (Å²) in [5, 5.41) is 6.37. The number of H-pyrrole nitrogens is 1. The molecule has 0 radical (unpaired) electrons. The molecule has 0 unspecified atom stereocenters. The second-order valence-electron chi connectivity index (χ2n) is 5.38. The molecule has 3 rings (SSSR count). The van der Waals surface area contributed by atoms with Gasteiger partial charge >= 0.3 is 0 Å². The lowest BCUT2D eigenvalue weighted by Gasteiger charge is -2.09. The molecule has 0 spiro atoms. The van der Waals surface area contributed by atoms with Crippen molar-refractivity contribution in [2.45, 2.75) is 13.0 Å². The number of nitrogens with zero attached hydrogens (tertiary/aromatic N) is 2. The van der Waals surface area contributed by atoms with Crippen LogP contribution < -0.4 is 0 Å². The van der Waals surface area contributed by atoms with E-state index in [2.05, 4.69) is 15.1 Å². The fourth-order valence-electron chi connectivity index (χ4n) is 2.27. The van der Waals surface area contributed by atoms with E-state index in [1.807, 2.05) is 0 Å². The summed E-state index contributed by atoms with van der Waals surface area (Å²) in [6.45, 7) is 0.197. The molecule has 26 heavy (non-hydrogen) atoms. The van der Waals surface area contributed by atoms with Gasteiger partial charge in [0, 0.05) is 38.6 Å². The Hall–Kier alpha value is -1.72. The van der Waals surface area contributed by atoms with Crippen LogP contribution >= 0.6 is 46.4 Å². The minimum absolute atomic E-state index is 0.197. The molecule has 0 atom stereocenters. The van der Waals surface area contributed by atoms with E-state index >= 15 is 0 Å². The normalized spacial score (nSPS) is 11.6. The molecule has 2 aromatic carbocycles. The topological polar surface area (TPSA) is 50.3 Å². The van der Waals surface area contributed by atoms with Crippen molar-refractivity contribution in [3.8, 4) is 0 Å². The summed E-state index contributed by atoms with van der Waals surface area (Å²) in [5.74, 6) is 0.739. The average Bonchev–Trinajstić information content (AvgIpc) is 3.09. The van der Waals surface area contributed by atoms with E-state index in [0.29, 0.717) is 32.2 Å². The predicted octanol–water partition coefficient (Wildman–Crippen LogP) is 6.19.